The lowest BCUT2D eigenvalue weighted by Crippen LogP contribution is -2.46. The predicted octanol–water partition coefficient (Wildman–Crippen LogP) is -1.54. The number of carboxylic acids is 1. The van der Waals surface area contributed by atoms with Gasteiger partial charge in [0.2, 0.25) is 6.35 Å². The minimum Gasteiger partial charge on any atom is -0.495 e. The van der Waals surface area contributed by atoms with Crippen molar-refractivity contribution in [1.82, 2.24) is 4.90 Å². The molecule has 0 spiro atoms. The second kappa shape index (κ2) is 4.07. The quantitative estimate of drug-likeness (QED) is 0.439. The number of hydrogen-bond donors (Lipinski definition) is 4. The van der Waals surface area contributed by atoms with Crippen LogP contribution in [0.2, 0.25) is 0 Å². The SMILES string of the molecule is N[C@@H](CN1C(O)=CC=NC1O)C(=O)O. The van der Waals surface area contributed by atoms with Crippen molar-refractivity contribution in [2.75, 3.05) is 6.54 Å². The van der Waals surface area contributed by atoms with E-state index in [9.17, 15) is 15.0 Å². The van der Waals surface area contributed by atoms with Crippen molar-refractivity contribution in [3.8, 4) is 0 Å². The molecule has 0 saturated heterocycles. The normalized spacial score (nSPS) is 23.1. The van der Waals surface area contributed by atoms with E-state index < -0.39 is 18.4 Å². The van der Waals surface area contributed by atoms with Gasteiger partial charge in [0.05, 0.1) is 6.54 Å². The van der Waals surface area contributed by atoms with Crippen LogP contribution in [0.1, 0.15) is 0 Å². The molecule has 0 bridgehead atoms. The van der Waals surface area contributed by atoms with E-state index >= 15 is 0 Å². The molecule has 0 aliphatic carbocycles. The number of aliphatic imine (C=N–C) groups is 1. The van der Waals surface area contributed by atoms with E-state index in [0.717, 1.165) is 4.90 Å². The maximum atomic E-state index is 10.4. The number of carboxylic acid groups (broad SMARTS) is 1. The molecule has 1 aliphatic heterocycles. The first-order valence-corrected chi connectivity index (χ1v) is 3.88. The van der Waals surface area contributed by atoms with E-state index in [-0.39, 0.29) is 12.4 Å². The van der Waals surface area contributed by atoms with Crippen LogP contribution >= 0.6 is 0 Å². The van der Waals surface area contributed by atoms with Crippen molar-refractivity contribution in [2.24, 2.45) is 10.7 Å². The molecule has 0 aromatic heterocycles. The van der Waals surface area contributed by atoms with Gasteiger partial charge in [-0.1, -0.05) is 0 Å². The molecule has 0 aromatic rings. The molecule has 2 atom stereocenters. The number of aliphatic carboxylic acids is 1. The summed E-state index contributed by atoms with van der Waals surface area (Å²) >= 11 is 0. The van der Waals surface area contributed by atoms with Gasteiger partial charge < -0.3 is 21.1 Å². The minimum atomic E-state index is -1.29. The molecule has 0 amide bonds. The fraction of sp³-hybridized carbons (Fsp3) is 0.429. The van der Waals surface area contributed by atoms with Crippen LogP contribution in [0.5, 0.6) is 0 Å². The van der Waals surface area contributed by atoms with Gasteiger partial charge in [-0.2, -0.15) is 0 Å². The molecule has 5 N–H and O–H groups in total. The number of nitrogens with two attached hydrogens (primary N) is 1. The molecule has 1 rings (SSSR count). The van der Waals surface area contributed by atoms with Crippen molar-refractivity contribution in [3.63, 3.8) is 0 Å². The van der Waals surface area contributed by atoms with Gasteiger partial charge in [0, 0.05) is 12.3 Å². The maximum Gasteiger partial charge on any atom is 0.322 e. The zero-order chi connectivity index (χ0) is 10.7. The summed E-state index contributed by atoms with van der Waals surface area (Å²) in [5, 5.41) is 27.0. The van der Waals surface area contributed by atoms with Crippen LogP contribution in [-0.2, 0) is 4.79 Å². The number of hydrogen-bond acceptors (Lipinski definition) is 6. The highest BCUT2D eigenvalue weighted by atomic mass is 16.4. The standard InChI is InChI=1S/C7H11N3O4/c8-4(6(12)13)3-10-5(11)1-2-9-7(10)14/h1-2,4,7,11,14H,3,8H2,(H,12,13)/t4-,7?/m0/s1. The van der Waals surface area contributed by atoms with Gasteiger partial charge in [-0.05, 0) is 0 Å². The van der Waals surface area contributed by atoms with E-state index in [0.29, 0.717) is 0 Å². The zero-order valence-electron chi connectivity index (χ0n) is 7.24. The van der Waals surface area contributed by atoms with Crippen LogP contribution < -0.4 is 5.73 Å². The molecular formula is C7H11N3O4. The number of carbonyl (C=O) groups is 1. The molecule has 78 valence electrons. The summed E-state index contributed by atoms with van der Waals surface area (Å²) in [4.78, 5) is 14.9. The second-order valence-corrected chi connectivity index (χ2v) is 2.77. The number of allylic oxidation sites excluding steroid dienone is 1. The molecule has 1 aliphatic rings. The Morgan fingerprint density at radius 2 is 2.43 bits per heavy atom. The Bertz CT molecular complexity index is 289. The maximum absolute atomic E-state index is 10.4. The summed E-state index contributed by atoms with van der Waals surface area (Å²) in [5.41, 5.74) is 5.23. The fourth-order valence-corrected chi connectivity index (χ4v) is 0.959. The Kier molecular flexibility index (Phi) is 3.05. The summed E-state index contributed by atoms with van der Waals surface area (Å²) in [6.45, 7) is -0.212. The zero-order valence-corrected chi connectivity index (χ0v) is 7.24. The molecule has 7 heteroatoms. The molecular weight excluding hydrogens is 190 g/mol. The van der Waals surface area contributed by atoms with E-state index in [2.05, 4.69) is 4.99 Å². The Morgan fingerprint density at radius 1 is 1.79 bits per heavy atom. The van der Waals surface area contributed by atoms with Crippen molar-refractivity contribution < 1.29 is 20.1 Å². The van der Waals surface area contributed by atoms with Crippen molar-refractivity contribution in [3.05, 3.63) is 12.0 Å². The largest absolute Gasteiger partial charge is 0.495 e. The van der Waals surface area contributed by atoms with Crippen LogP contribution in [0.25, 0.3) is 0 Å². The Hall–Kier alpha value is -1.60. The minimum absolute atomic E-state index is 0.212. The number of aliphatic hydroxyl groups excluding tert-OH is 2. The Labute approximate surface area is 79.8 Å². The number of aliphatic hydroxyl groups is 2. The smallest absolute Gasteiger partial charge is 0.322 e. The molecule has 1 heterocycles. The summed E-state index contributed by atoms with van der Waals surface area (Å²) in [5.74, 6) is -1.47. The number of nitrogens with zero attached hydrogens (tertiary/aromatic N) is 2. The third-order valence-corrected chi connectivity index (χ3v) is 1.73. The summed E-state index contributed by atoms with van der Waals surface area (Å²) in [6.07, 6.45) is 1.18. The predicted molar refractivity (Wildman–Crippen MR) is 47.5 cm³/mol. The Balaban J connectivity index is 2.64. The average molecular weight is 201 g/mol. The lowest BCUT2D eigenvalue weighted by atomic mass is 10.3. The third-order valence-electron chi connectivity index (χ3n) is 1.73. The first-order chi connectivity index (χ1) is 6.52. The molecule has 0 fully saturated rings. The highest BCUT2D eigenvalue weighted by molar-refractivity contribution is 5.74. The van der Waals surface area contributed by atoms with Crippen LogP contribution in [0, 0.1) is 0 Å². The molecule has 0 radical (unpaired) electrons. The first-order valence-electron chi connectivity index (χ1n) is 3.88. The summed E-state index contributed by atoms with van der Waals surface area (Å²) in [7, 11) is 0. The lowest BCUT2D eigenvalue weighted by molar-refractivity contribution is -0.139. The van der Waals surface area contributed by atoms with Crippen LogP contribution in [0.3, 0.4) is 0 Å². The monoisotopic (exact) mass is 201 g/mol. The molecule has 1 unspecified atom stereocenters. The third kappa shape index (κ3) is 2.21. The van der Waals surface area contributed by atoms with Crippen molar-refractivity contribution in [1.29, 1.82) is 0 Å². The Morgan fingerprint density at radius 3 is 2.93 bits per heavy atom. The fourth-order valence-electron chi connectivity index (χ4n) is 0.959. The van der Waals surface area contributed by atoms with Crippen molar-refractivity contribution in [2.45, 2.75) is 12.4 Å². The molecule has 0 aromatic carbocycles. The lowest BCUT2D eigenvalue weighted by Gasteiger charge is -2.28. The van der Waals surface area contributed by atoms with Crippen LogP contribution in [0.4, 0.5) is 0 Å². The highest BCUT2D eigenvalue weighted by Crippen LogP contribution is 2.10. The second-order valence-electron chi connectivity index (χ2n) is 2.77. The van der Waals surface area contributed by atoms with Gasteiger partial charge in [0.25, 0.3) is 0 Å². The van der Waals surface area contributed by atoms with E-state index in [4.69, 9.17) is 10.8 Å². The average Bonchev–Trinajstić information content (AvgIpc) is 2.11. The van der Waals surface area contributed by atoms with Gasteiger partial charge >= 0.3 is 5.97 Å². The van der Waals surface area contributed by atoms with E-state index in [1.54, 1.807) is 0 Å². The van der Waals surface area contributed by atoms with Crippen LogP contribution in [-0.4, -0.2) is 51.3 Å². The van der Waals surface area contributed by atoms with Gasteiger partial charge in [0.1, 0.15) is 6.04 Å². The van der Waals surface area contributed by atoms with Crippen molar-refractivity contribution >= 4 is 12.2 Å². The van der Waals surface area contributed by atoms with Gasteiger partial charge in [-0.15, -0.1) is 0 Å². The van der Waals surface area contributed by atoms with Gasteiger partial charge in [-0.3, -0.25) is 9.69 Å². The van der Waals surface area contributed by atoms with Gasteiger partial charge in [0.15, 0.2) is 5.88 Å². The topological polar surface area (TPSA) is 119 Å². The van der Waals surface area contributed by atoms with Gasteiger partial charge in [-0.25, -0.2) is 4.99 Å². The molecule has 0 saturated carbocycles. The number of rotatable bonds is 3. The summed E-state index contributed by atoms with van der Waals surface area (Å²) in [6, 6.07) is -1.19. The molecule has 14 heavy (non-hydrogen) atoms. The molecule has 7 nitrogen and oxygen atoms in total. The van der Waals surface area contributed by atoms with Crippen LogP contribution in [0.15, 0.2) is 17.0 Å². The van der Waals surface area contributed by atoms with E-state index in [1.165, 1.54) is 12.3 Å². The van der Waals surface area contributed by atoms with E-state index in [1.807, 2.05) is 0 Å². The summed E-state index contributed by atoms with van der Waals surface area (Å²) < 4.78 is 0. The highest BCUT2D eigenvalue weighted by Gasteiger charge is 2.24. The first kappa shape index (κ1) is 10.5.